The minimum atomic E-state index is -5.67. The summed E-state index contributed by atoms with van der Waals surface area (Å²) in [7, 11) is -13.5. The normalized spacial score (nSPS) is 23.5. The van der Waals surface area contributed by atoms with E-state index >= 15 is 9.13 Å². The molecule has 7 heterocycles. The zero-order valence-corrected chi connectivity index (χ0v) is 70.3. The van der Waals surface area contributed by atoms with Crippen molar-refractivity contribution in [3.63, 3.8) is 0 Å². The molecule has 0 bridgehead atoms. The molecule has 14 atom stereocenters. The maximum atomic E-state index is 16.5. The minimum absolute atomic E-state index is 0.00734. The lowest BCUT2D eigenvalue weighted by Crippen LogP contribution is -2.50. The first-order valence-corrected chi connectivity index (χ1v) is 45.8. The number of halogens is 7. The summed E-state index contributed by atoms with van der Waals surface area (Å²) in [6.07, 6.45) is -24.4. The van der Waals surface area contributed by atoms with E-state index in [-0.39, 0.29) is 29.5 Å². The molecule has 2 unspecified atom stereocenters. The Labute approximate surface area is 670 Å². The van der Waals surface area contributed by atoms with Gasteiger partial charge >= 0.3 is 39.4 Å². The van der Waals surface area contributed by atoms with E-state index in [9.17, 15) is 45.5 Å². The number of methoxy groups -OCH3 is 3. The van der Waals surface area contributed by atoms with Gasteiger partial charge in [-0.2, -0.15) is 26.3 Å². The zero-order valence-electron chi connectivity index (χ0n) is 65.7. The first kappa shape index (κ1) is 89.7. The SMILES string of the molecule is CO[C@@H]1[C@H](O[Si](C)(C)C(C)(C)C)[C@@H](COP(=O)(OCc2ccccc2C(F)(F)F)O[C@H]2[C@@H](OC)[C@H](n3cnc4c(Cl)ncnc43)O[C@@H]2COP(=O)(OCc2ccccc2C(F)(F)F)O[C@H]2[C@@H](OC)[C@H](n3ccc(=O)n(COCc4ccccc4)c3=O)O[C@@H]2CO[Si](C)(C)C(C)(C)C)O[C@H]1n1ccc(=O)n(COCc2ccccc2)c1=O. The van der Waals surface area contributed by atoms with Gasteiger partial charge in [0.1, 0.15) is 80.2 Å². The van der Waals surface area contributed by atoms with Crippen molar-refractivity contribution in [2.45, 2.75) is 204 Å². The maximum Gasteiger partial charge on any atom is 0.475 e. The molecule has 3 aliphatic rings. The van der Waals surface area contributed by atoms with Crippen LogP contribution in [-0.4, -0.2) is 151 Å². The number of ether oxygens (including phenoxy) is 8. The van der Waals surface area contributed by atoms with Crippen LogP contribution in [0, 0.1) is 0 Å². The van der Waals surface area contributed by atoms with E-state index in [1.807, 2.05) is 67.7 Å². The lowest BCUT2D eigenvalue weighted by Gasteiger charge is -2.40. The molecule has 0 spiro atoms. The van der Waals surface area contributed by atoms with Crippen molar-refractivity contribution in [2.75, 3.05) is 41.2 Å². The summed E-state index contributed by atoms with van der Waals surface area (Å²) < 4.78 is 229. The van der Waals surface area contributed by atoms with Crippen LogP contribution < -0.4 is 22.5 Å². The van der Waals surface area contributed by atoms with Gasteiger partial charge in [0.2, 0.25) is 0 Å². The molecule has 4 aromatic heterocycles. The first-order chi connectivity index (χ1) is 54.7. The largest absolute Gasteiger partial charge is 0.475 e. The maximum absolute atomic E-state index is 16.5. The Balaban J connectivity index is 0.997. The van der Waals surface area contributed by atoms with Gasteiger partial charge in [0, 0.05) is 45.9 Å². The van der Waals surface area contributed by atoms with Crippen LogP contribution in [0.2, 0.25) is 41.4 Å². The summed E-state index contributed by atoms with van der Waals surface area (Å²) in [6, 6.07) is 28.4. The number of phosphoric acid groups is 2. The summed E-state index contributed by atoms with van der Waals surface area (Å²) >= 11 is 6.54. The fraction of sp³-hybridized carbons (Fsp3) is 0.507. The molecule has 11 rings (SSSR count). The van der Waals surface area contributed by atoms with E-state index in [0.29, 0.717) is 0 Å². The van der Waals surface area contributed by atoms with E-state index in [4.69, 9.17) is 85.5 Å². The van der Waals surface area contributed by atoms with Crippen LogP contribution in [0.1, 0.15) is 93.6 Å². The third kappa shape index (κ3) is 20.7. The van der Waals surface area contributed by atoms with Crippen LogP contribution in [0.4, 0.5) is 26.3 Å². The smallest absolute Gasteiger partial charge is 0.414 e. The summed E-state index contributed by atoms with van der Waals surface area (Å²) in [6.45, 7) is 13.4. The lowest BCUT2D eigenvalue weighted by molar-refractivity contribution is -0.139. The molecule has 30 nitrogen and oxygen atoms in total. The van der Waals surface area contributed by atoms with Crippen LogP contribution >= 0.6 is 27.2 Å². The highest BCUT2D eigenvalue weighted by atomic mass is 35.5. The quantitative estimate of drug-likeness (QED) is 0.0154. The number of rotatable bonds is 35. The monoisotopic (exact) mass is 1720 g/mol. The Hall–Kier alpha value is -7.09. The van der Waals surface area contributed by atoms with Gasteiger partial charge in [-0.15, -0.1) is 0 Å². The molecule has 4 aromatic carbocycles. The Morgan fingerprint density at radius 2 is 0.871 bits per heavy atom. The van der Waals surface area contributed by atoms with Gasteiger partial charge in [0.15, 0.2) is 46.1 Å². The molecule has 0 N–H and O–H groups in total. The summed E-state index contributed by atoms with van der Waals surface area (Å²) in [4.78, 5) is 69.0. The van der Waals surface area contributed by atoms with Crippen LogP contribution in [0.25, 0.3) is 11.2 Å². The molecule has 0 amide bonds. The molecule has 41 heteroatoms. The summed E-state index contributed by atoms with van der Waals surface area (Å²) in [5.74, 6) is 0. The standard InChI is InChI=1S/C75H93ClF6N8O22P2Si2/c1-72(2,3)115(10,11)106-42-55-60(62(97-7)67(109-55)86-34-32-56(91)89(70(86)93)45-100-36-47-24-16-14-17-25-47)111-113(95,102-38-49-28-20-22-30-51(49)74(77,78)79)104-40-53-59(63(98-8)69(107-53)88-44-85-58-65(76)83-43-84-66(58)88)110-114(96,103-39-50-29-21-23-31-52(50)75(80,81)82)105-41-54-61(112-116(12,13)73(4,5)6)64(99-9)68(108-54)87-35-33-57(92)90(71(87)94)46-101-37-48-26-18-15-19-27-48/h14-35,43-44,53-55,59-64,67-69H,36-42,45-46H2,1-13H3/t53-,54-,55-,59-,60-,61-,62-,63-,64-,67-,68-,69-,113?,114?/m1/s1. The Morgan fingerprint density at radius 1 is 0.474 bits per heavy atom. The Kier molecular flexibility index (Phi) is 28.5. The van der Waals surface area contributed by atoms with Gasteiger partial charge in [-0.3, -0.25) is 50.4 Å². The van der Waals surface area contributed by atoms with Crippen molar-refractivity contribution >= 4 is 55.0 Å². The van der Waals surface area contributed by atoms with Crippen molar-refractivity contribution in [3.05, 3.63) is 227 Å². The topological polar surface area (TPSA) is 313 Å². The molecule has 0 radical (unpaired) electrons. The molecule has 3 fully saturated rings. The molecule has 0 aliphatic carbocycles. The number of phosphoric ester groups is 2. The number of fused-ring (bicyclic) bond motifs is 1. The van der Waals surface area contributed by atoms with Gasteiger partial charge in [0.05, 0.1) is 63.7 Å². The molecule has 632 valence electrons. The van der Waals surface area contributed by atoms with Crippen molar-refractivity contribution < 1.29 is 109 Å². The third-order valence-corrected chi connectivity index (χ3v) is 33.1. The van der Waals surface area contributed by atoms with Gasteiger partial charge in [-0.1, -0.05) is 150 Å². The van der Waals surface area contributed by atoms with Crippen molar-refractivity contribution in [2.24, 2.45) is 0 Å². The predicted molar refractivity (Wildman–Crippen MR) is 411 cm³/mol. The van der Waals surface area contributed by atoms with Gasteiger partial charge in [-0.05, 0) is 70.7 Å². The van der Waals surface area contributed by atoms with Crippen molar-refractivity contribution in [1.82, 2.24) is 37.8 Å². The second-order valence-corrected chi connectivity index (χ2v) is 43.8. The number of hydrogen-bond donors (Lipinski definition) is 0. The minimum Gasteiger partial charge on any atom is -0.414 e. The Bertz CT molecular complexity index is 5040. The number of imidazole rings is 1. The molecule has 8 aromatic rings. The first-order valence-electron chi connectivity index (χ1n) is 36.7. The summed E-state index contributed by atoms with van der Waals surface area (Å²) in [5.41, 5.74) is -5.50. The third-order valence-electron chi connectivity index (χ3n) is 21.0. The molecule has 3 saturated heterocycles. The van der Waals surface area contributed by atoms with Crippen LogP contribution in [0.15, 0.2) is 166 Å². The molecular formula is C75H93ClF6N8O22P2Si2. The van der Waals surface area contributed by atoms with Gasteiger partial charge in [-0.25, -0.2) is 42.8 Å². The molecule has 0 saturated carbocycles. The number of benzene rings is 4. The summed E-state index contributed by atoms with van der Waals surface area (Å²) in [5, 5.41) is -1.15. The number of hydrogen-bond acceptors (Lipinski definition) is 25. The van der Waals surface area contributed by atoms with E-state index in [1.165, 1.54) is 43.4 Å². The van der Waals surface area contributed by atoms with Gasteiger partial charge in [0.25, 0.3) is 11.1 Å². The fourth-order valence-corrected chi connectivity index (χ4v) is 18.0. The van der Waals surface area contributed by atoms with E-state index in [0.717, 1.165) is 97.6 Å². The highest BCUT2D eigenvalue weighted by Gasteiger charge is 2.57. The predicted octanol–water partition coefficient (Wildman–Crippen LogP) is 13.5. The number of alkyl halides is 6. The van der Waals surface area contributed by atoms with E-state index in [2.05, 4.69) is 15.0 Å². The second-order valence-electron chi connectivity index (χ2n) is 30.7. The average Bonchev–Trinajstić information content (AvgIpc) is 1.61. The zero-order chi connectivity index (χ0) is 84.1. The van der Waals surface area contributed by atoms with E-state index in [1.54, 1.807) is 60.7 Å². The van der Waals surface area contributed by atoms with Crippen molar-refractivity contribution in [1.29, 1.82) is 0 Å². The number of aromatic nitrogens is 8. The average molecular weight is 1730 g/mol. The van der Waals surface area contributed by atoms with E-state index < -0.39 is 220 Å². The number of nitrogens with zero attached hydrogens (tertiary/aromatic N) is 8. The molecule has 3 aliphatic heterocycles. The van der Waals surface area contributed by atoms with Crippen LogP contribution in [0.3, 0.4) is 0 Å². The second kappa shape index (κ2) is 36.9. The Morgan fingerprint density at radius 3 is 1.29 bits per heavy atom. The van der Waals surface area contributed by atoms with Crippen molar-refractivity contribution in [3.8, 4) is 0 Å². The van der Waals surface area contributed by atoms with Gasteiger partial charge < -0.3 is 46.7 Å². The van der Waals surface area contributed by atoms with Crippen LogP contribution in [0.5, 0.6) is 0 Å². The lowest BCUT2D eigenvalue weighted by atomic mass is 10.1. The molecular weight excluding hydrogens is 1630 g/mol. The fourth-order valence-electron chi connectivity index (χ4n) is 12.7. The highest BCUT2D eigenvalue weighted by molar-refractivity contribution is 7.48. The highest BCUT2D eigenvalue weighted by Crippen LogP contribution is 2.59. The molecule has 116 heavy (non-hydrogen) atoms. The van der Waals surface area contributed by atoms with Crippen LogP contribution in [-0.2, 0) is 135 Å².